The molecule has 22 heavy (non-hydrogen) atoms. The Morgan fingerprint density at radius 1 is 1.41 bits per heavy atom. The Hall–Kier alpha value is -3.00. The third kappa shape index (κ3) is 2.47. The van der Waals surface area contributed by atoms with Gasteiger partial charge in [-0.1, -0.05) is 11.6 Å². The van der Waals surface area contributed by atoms with Crippen LogP contribution in [0.4, 0.5) is 11.4 Å². The van der Waals surface area contributed by atoms with Gasteiger partial charge in [0.15, 0.2) is 5.65 Å². The standard InChI is InChI=1S/C13H8ClN5O3/c14-10-3-2-8(19(21)22)6-11(10)17-13(20)9-7-16-18-5-1-4-15-12(9)18/h1-7H,(H,17,20). The fourth-order valence-electron chi connectivity index (χ4n) is 1.90. The molecule has 2 aromatic heterocycles. The highest BCUT2D eigenvalue weighted by Gasteiger charge is 2.17. The minimum absolute atomic E-state index is 0.149. The molecule has 0 aliphatic carbocycles. The number of hydrogen-bond donors (Lipinski definition) is 1. The van der Waals surface area contributed by atoms with Crippen molar-refractivity contribution in [1.82, 2.24) is 14.6 Å². The van der Waals surface area contributed by atoms with Crippen LogP contribution in [-0.4, -0.2) is 25.4 Å². The maximum atomic E-state index is 12.3. The number of hydrogen-bond acceptors (Lipinski definition) is 5. The minimum atomic E-state index is -0.567. The Kier molecular flexibility index (Phi) is 3.43. The first kappa shape index (κ1) is 14.0. The number of carbonyl (C=O) groups is 1. The van der Waals surface area contributed by atoms with Crippen LogP contribution in [0.25, 0.3) is 5.65 Å². The van der Waals surface area contributed by atoms with Crippen LogP contribution in [-0.2, 0) is 0 Å². The first-order valence-electron chi connectivity index (χ1n) is 6.10. The van der Waals surface area contributed by atoms with Crippen molar-refractivity contribution in [1.29, 1.82) is 0 Å². The molecule has 0 fully saturated rings. The molecule has 0 saturated heterocycles. The molecule has 1 amide bonds. The van der Waals surface area contributed by atoms with Gasteiger partial charge in [-0.25, -0.2) is 9.50 Å². The maximum absolute atomic E-state index is 12.3. The fourth-order valence-corrected chi connectivity index (χ4v) is 2.06. The normalized spacial score (nSPS) is 10.6. The number of aromatic nitrogens is 3. The van der Waals surface area contributed by atoms with Gasteiger partial charge in [-0.15, -0.1) is 0 Å². The Morgan fingerprint density at radius 3 is 3.00 bits per heavy atom. The number of halogens is 1. The zero-order valence-corrected chi connectivity index (χ0v) is 11.7. The number of anilines is 1. The lowest BCUT2D eigenvalue weighted by atomic mass is 10.2. The van der Waals surface area contributed by atoms with Crippen molar-refractivity contribution >= 4 is 34.5 Å². The highest BCUT2D eigenvalue weighted by atomic mass is 35.5. The second kappa shape index (κ2) is 5.41. The molecule has 3 rings (SSSR count). The number of fused-ring (bicyclic) bond motifs is 1. The first-order chi connectivity index (χ1) is 10.6. The topological polar surface area (TPSA) is 102 Å². The molecule has 0 radical (unpaired) electrons. The van der Waals surface area contributed by atoms with Crippen molar-refractivity contribution in [3.05, 3.63) is 63.6 Å². The molecule has 0 aliphatic rings. The van der Waals surface area contributed by atoms with Crippen molar-refractivity contribution in [3.8, 4) is 0 Å². The van der Waals surface area contributed by atoms with Crippen LogP contribution in [0.15, 0.2) is 42.9 Å². The summed E-state index contributed by atoms with van der Waals surface area (Å²) in [5.41, 5.74) is 0.596. The van der Waals surface area contributed by atoms with E-state index in [4.69, 9.17) is 11.6 Å². The summed E-state index contributed by atoms with van der Waals surface area (Å²) in [6, 6.07) is 5.48. The van der Waals surface area contributed by atoms with E-state index in [1.807, 2.05) is 0 Å². The van der Waals surface area contributed by atoms with E-state index in [0.717, 1.165) is 0 Å². The van der Waals surface area contributed by atoms with E-state index in [2.05, 4.69) is 15.4 Å². The van der Waals surface area contributed by atoms with Crippen LogP contribution >= 0.6 is 11.6 Å². The van der Waals surface area contributed by atoms with Gasteiger partial charge in [0, 0.05) is 24.5 Å². The number of nitrogens with zero attached hydrogens (tertiary/aromatic N) is 4. The average molecular weight is 318 g/mol. The lowest BCUT2D eigenvalue weighted by molar-refractivity contribution is -0.384. The smallest absolute Gasteiger partial charge is 0.271 e. The number of nitro groups is 1. The Labute approximate surface area is 128 Å². The van der Waals surface area contributed by atoms with Gasteiger partial charge in [-0.2, -0.15) is 5.10 Å². The van der Waals surface area contributed by atoms with E-state index in [1.165, 1.54) is 35.1 Å². The number of benzene rings is 1. The summed E-state index contributed by atoms with van der Waals surface area (Å²) in [4.78, 5) is 26.6. The largest absolute Gasteiger partial charge is 0.320 e. The molecule has 8 nitrogen and oxygen atoms in total. The predicted octanol–water partition coefficient (Wildman–Crippen LogP) is 2.54. The van der Waals surface area contributed by atoms with Crippen LogP contribution in [0.1, 0.15) is 10.4 Å². The number of nitro benzene ring substituents is 1. The van der Waals surface area contributed by atoms with E-state index in [9.17, 15) is 14.9 Å². The number of rotatable bonds is 3. The lowest BCUT2D eigenvalue weighted by Crippen LogP contribution is -2.12. The summed E-state index contributed by atoms with van der Waals surface area (Å²) in [5, 5.41) is 17.5. The molecule has 110 valence electrons. The average Bonchev–Trinajstić information content (AvgIpc) is 2.93. The minimum Gasteiger partial charge on any atom is -0.320 e. The lowest BCUT2D eigenvalue weighted by Gasteiger charge is -2.06. The van der Waals surface area contributed by atoms with E-state index in [0.29, 0.717) is 5.65 Å². The van der Waals surface area contributed by atoms with E-state index in [1.54, 1.807) is 12.3 Å². The Morgan fingerprint density at radius 2 is 2.23 bits per heavy atom. The quantitative estimate of drug-likeness (QED) is 0.590. The molecule has 1 aromatic carbocycles. The van der Waals surface area contributed by atoms with Gasteiger partial charge >= 0.3 is 0 Å². The number of non-ortho nitro benzene ring substituents is 1. The molecule has 0 unspecified atom stereocenters. The predicted molar refractivity (Wildman–Crippen MR) is 79.0 cm³/mol. The SMILES string of the molecule is O=C(Nc1cc([N+](=O)[O-])ccc1Cl)c1cnn2cccnc12. The molecular formula is C13H8ClN5O3. The number of amides is 1. The molecule has 9 heteroatoms. The monoisotopic (exact) mass is 317 g/mol. The van der Waals surface area contributed by atoms with E-state index < -0.39 is 10.8 Å². The highest BCUT2D eigenvalue weighted by Crippen LogP contribution is 2.27. The molecule has 0 spiro atoms. The van der Waals surface area contributed by atoms with Gasteiger partial charge in [0.25, 0.3) is 11.6 Å². The van der Waals surface area contributed by atoms with Crippen molar-refractivity contribution in [2.45, 2.75) is 0 Å². The molecule has 1 N–H and O–H groups in total. The number of carbonyl (C=O) groups excluding carboxylic acids is 1. The fraction of sp³-hybridized carbons (Fsp3) is 0. The maximum Gasteiger partial charge on any atom is 0.271 e. The Bertz CT molecular complexity index is 892. The van der Waals surface area contributed by atoms with E-state index in [-0.39, 0.29) is 22.0 Å². The molecule has 2 heterocycles. The molecule has 0 aliphatic heterocycles. The molecule has 0 saturated carbocycles. The molecular weight excluding hydrogens is 310 g/mol. The molecule has 3 aromatic rings. The summed E-state index contributed by atoms with van der Waals surface area (Å²) in [6.45, 7) is 0. The number of nitrogens with one attached hydrogen (secondary N) is 1. The van der Waals surface area contributed by atoms with Gasteiger partial charge in [0.1, 0.15) is 5.56 Å². The summed E-state index contributed by atoms with van der Waals surface area (Å²) in [5.74, 6) is -0.504. The van der Waals surface area contributed by atoms with Gasteiger partial charge in [-0.3, -0.25) is 14.9 Å². The van der Waals surface area contributed by atoms with Crippen LogP contribution in [0.3, 0.4) is 0 Å². The van der Waals surface area contributed by atoms with Crippen LogP contribution < -0.4 is 5.32 Å². The summed E-state index contributed by atoms with van der Waals surface area (Å²) >= 11 is 5.95. The molecule has 0 atom stereocenters. The van der Waals surface area contributed by atoms with Crippen molar-refractivity contribution in [2.24, 2.45) is 0 Å². The highest BCUT2D eigenvalue weighted by molar-refractivity contribution is 6.34. The van der Waals surface area contributed by atoms with Crippen molar-refractivity contribution in [3.63, 3.8) is 0 Å². The van der Waals surface area contributed by atoms with Gasteiger partial charge < -0.3 is 5.32 Å². The van der Waals surface area contributed by atoms with Gasteiger partial charge in [0.2, 0.25) is 0 Å². The second-order valence-electron chi connectivity index (χ2n) is 4.32. The second-order valence-corrected chi connectivity index (χ2v) is 4.73. The molecule has 0 bridgehead atoms. The zero-order valence-electron chi connectivity index (χ0n) is 10.9. The summed E-state index contributed by atoms with van der Waals surface area (Å²) in [7, 11) is 0. The third-order valence-electron chi connectivity index (χ3n) is 2.93. The third-order valence-corrected chi connectivity index (χ3v) is 3.26. The Balaban J connectivity index is 1.94. The zero-order chi connectivity index (χ0) is 15.7. The van der Waals surface area contributed by atoms with Crippen molar-refractivity contribution in [2.75, 3.05) is 5.32 Å². The summed E-state index contributed by atoms with van der Waals surface area (Å²) < 4.78 is 1.45. The van der Waals surface area contributed by atoms with Crippen molar-refractivity contribution < 1.29 is 9.72 Å². The van der Waals surface area contributed by atoms with Gasteiger partial charge in [0.05, 0.1) is 21.8 Å². The van der Waals surface area contributed by atoms with E-state index >= 15 is 0 Å². The summed E-state index contributed by atoms with van der Waals surface area (Å²) in [6.07, 6.45) is 4.55. The van der Waals surface area contributed by atoms with Crippen LogP contribution in [0.2, 0.25) is 5.02 Å². The first-order valence-corrected chi connectivity index (χ1v) is 6.48. The van der Waals surface area contributed by atoms with Gasteiger partial charge in [-0.05, 0) is 12.1 Å². The van der Waals surface area contributed by atoms with Crippen LogP contribution in [0, 0.1) is 10.1 Å². The van der Waals surface area contributed by atoms with Crippen LogP contribution in [0.5, 0.6) is 0 Å².